The maximum atomic E-state index is 12.8. The smallest absolute Gasteiger partial charge is 0.306 e. The fourth-order valence-corrected chi connectivity index (χ4v) is 10.5. The van der Waals surface area contributed by atoms with Crippen molar-refractivity contribution in [3.63, 3.8) is 0 Å². The van der Waals surface area contributed by atoms with Crippen molar-refractivity contribution in [3.05, 3.63) is 60.8 Å². The minimum Gasteiger partial charge on any atom is -0.756 e. The molecule has 0 bridgehead atoms. The lowest BCUT2D eigenvalue weighted by Gasteiger charge is -2.28. The fourth-order valence-electron chi connectivity index (χ4n) is 9.76. The predicted molar refractivity (Wildman–Crippen MR) is 342 cm³/mol. The van der Waals surface area contributed by atoms with E-state index < -0.39 is 26.5 Å². The molecule has 2 atom stereocenters. The monoisotopic (exact) mass is 1140 g/mol. The number of phosphoric acid groups is 1. The Hall–Kier alpha value is -2.29. The number of esters is 2. The number of quaternary nitrogens is 1. The molecule has 0 heterocycles. The summed E-state index contributed by atoms with van der Waals surface area (Å²) in [4.78, 5) is 38.0. The number of hydrogen-bond donors (Lipinski definition) is 0. The maximum Gasteiger partial charge on any atom is 0.306 e. The van der Waals surface area contributed by atoms with E-state index in [4.69, 9.17) is 18.5 Å². The predicted octanol–water partition coefficient (Wildman–Crippen LogP) is 21.2. The molecule has 9 nitrogen and oxygen atoms in total. The van der Waals surface area contributed by atoms with Gasteiger partial charge in [-0.3, -0.25) is 14.2 Å². The summed E-state index contributed by atoms with van der Waals surface area (Å²) in [7, 11) is 1.17. The number of ether oxygens (including phenoxy) is 2. The van der Waals surface area contributed by atoms with Crippen LogP contribution < -0.4 is 4.89 Å². The molecular weight excluding hydrogens is 1010 g/mol. The van der Waals surface area contributed by atoms with Crippen molar-refractivity contribution in [1.29, 1.82) is 0 Å². The van der Waals surface area contributed by atoms with Crippen LogP contribution in [0.4, 0.5) is 0 Å². The Kier molecular flexibility index (Phi) is 59.5. The largest absolute Gasteiger partial charge is 0.756 e. The summed E-state index contributed by atoms with van der Waals surface area (Å²) in [5, 5.41) is 0. The lowest BCUT2D eigenvalue weighted by Crippen LogP contribution is -2.37. The number of carbonyl (C=O) groups is 2. The zero-order chi connectivity index (χ0) is 58.4. The highest BCUT2D eigenvalue weighted by atomic mass is 31.2. The van der Waals surface area contributed by atoms with Crippen LogP contribution in [0.25, 0.3) is 0 Å². The molecule has 0 aromatic heterocycles. The van der Waals surface area contributed by atoms with Crippen molar-refractivity contribution in [2.75, 3.05) is 47.5 Å². The Morgan fingerprint density at radius 2 is 0.675 bits per heavy atom. The number of carbonyl (C=O) groups excluding carboxylic acids is 2. The second-order valence-electron chi connectivity index (χ2n) is 24.2. The SMILES string of the molecule is CCCCCCC/C=C\C/C=C\C/C=C\CCCCCCCCCCCCCCC(=O)OC(COC(=O)CCCCCCCCCCCCCCCCCCC/C=C\C/C=C\CCCCCCC)COP(=O)([O-])OCC[N+](C)(C)C. The highest BCUT2D eigenvalue weighted by Crippen LogP contribution is 2.38. The normalized spacial score (nSPS) is 13.5. The van der Waals surface area contributed by atoms with Gasteiger partial charge in [0.15, 0.2) is 6.10 Å². The molecule has 0 saturated carbocycles. The third kappa shape index (κ3) is 64.9. The molecule has 0 aliphatic carbocycles. The summed E-state index contributed by atoms with van der Waals surface area (Å²) in [5.41, 5.74) is 0. The standard InChI is InChI=1S/C70H130NO8P/c1-6-8-10-12-14-16-18-20-22-24-26-28-30-32-34-35-37-38-40-42-44-46-48-50-52-54-56-58-60-62-69(72)76-66-68(67-78-80(74,75)77-65-64-71(3,4)5)79-70(73)63-61-59-57-55-53-51-49-47-45-43-41-39-36-33-31-29-27-25-23-21-19-17-15-13-11-9-7-2/h18-21,24-27,31,33,68H,6-17,22-23,28-30,32,34-67H2,1-5H3/b20-18-,21-19-,26-24-,27-25-,33-31-. The van der Waals surface area contributed by atoms with Gasteiger partial charge in [0.05, 0.1) is 27.7 Å². The zero-order valence-corrected chi connectivity index (χ0v) is 54.2. The van der Waals surface area contributed by atoms with Gasteiger partial charge in [0.2, 0.25) is 0 Å². The molecule has 0 amide bonds. The number of hydrogen-bond acceptors (Lipinski definition) is 8. The molecule has 0 fully saturated rings. The molecule has 0 radical (unpaired) electrons. The molecule has 0 aromatic rings. The van der Waals surface area contributed by atoms with Gasteiger partial charge in [-0.25, -0.2) is 0 Å². The van der Waals surface area contributed by atoms with Crippen LogP contribution in [-0.4, -0.2) is 70.0 Å². The first-order valence-corrected chi connectivity index (χ1v) is 35.5. The lowest BCUT2D eigenvalue weighted by atomic mass is 10.0. The highest BCUT2D eigenvalue weighted by molar-refractivity contribution is 7.45. The molecule has 0 aromatic carbocycles. The number of likely N-dealkylation sites (N-methyl/N-ethyl adjacent to an activating group) is 1. The van der Waals surface area contributed by atoms with Crippen LogP contribution in [0.3, 0.4) is 0 Å². The van der Waals surface area contributed by atoms with Gasteiger partial charge in [0.1, 0.15) is 19.8 Å². The van der Waals surface area contributed by atoms with Crippen molar-refractivity contribution in [2.45, 2.75) is 328 Å². The summed E-state index contributed by atoms with van der Waals surface area (Å²) in [6, 6.07) is 0. The summed E-state index contributed by atoms with van der Waals surface area (Å²) < 4.78 is 34.3. The number of unbranched alkanes of at least 4 members (excludes halogenated alkanes) is 39. The van der Waals surface area contributed by atoms with Crippen LogP contribution in [0.1, 0.15) is 322 Å². The molecule has 0 aliphatic heterocycles. The average Bonchev–Trinajstić information content (AvgIpc) is 3.42. The molecule has 2 unspecified atom stereocenters. The molecule has 10 heteroatoms. The van der Waals surface area contributed by atoms with Gasteiger partial charge >= 0.3 is 11.9 Å². The molecule has 80 heavy (non-hydrogen) atoms. The van der Waals surface area contributed by atoms with E-state index >= 15 is 0 Å². The van der Waals surface area contributed by atoms with Crippen LogP contribution in [0.15, 0.2) is 60.8 Å². The quantitative estimate of drug-likeness (QED) is 0.0195. The summed E-state index contributed by atoms with van der Waals surface area (Å²) >= 11 is 0. The molecule has 0 rings (SSSR count). The maximum absolute atomic E-state index is 12.8. The second-order valence-corrected chi connectivity index (χ2v) is 25.6. The van der Waals surface area contributed by atoms with E-state index in [9.17, 15) is 19.0 Å². The van der Waals surface area contributed by atoms with Gasteiger partial charge in [-0.2, -0.15) is 0 Å². The van der Waals surface area contributed by atoms with Crippen LogP contribution in [0.5, 0.6) is 0 Å². The zero-order valence-electron chi connectivity index (χ0n) is 53.3. The highest BCUT2D eigenvalue weighted by Gasteiger charge is 2.22. The second kappa shape index (κ2) is 61.3. The van der Waals surface area contributed by atoms with Crippen LogP contribution >= 0.6 is 7.82 Å². The lowest BCUT2D eigenvalue weighted by molar-refractivity contribution is -0.870. The van der Waals surface area contributed by atoms with E-state index in [0.717, 1.165) is 57.8 Å². The third-order valence-electron chi connectivity index (χ3n) is 15.0. The van der Waals surface area contributed by atoms with Gasteiger partial charge in [-0.1, -0.05) is 286 Å². The Morgan fingerprint density at radius 1 is 0.388 bits per heavy atom. The van der Waals surface area contributed by atoms with E-state index in [1.165, 1.54) is 231 Å². The Labute approximate surface area is 496 Å². The van der Waals surface area contributed by atoms with E-state index in [1.807, 2.05) is 21.1 Å². The van der Waals surface area contributed by atoms with Crippen molar-refractivity contribution in [1.82, 2.24) is 0 Å². The van der Waals surface area contributed by atoms with E-state index in [0.29, 0.717) is 17.4 Å². The summed E-state index contributed by atoms with van der Waals surface area (Å²) in [6.07, 6.45) is 80.0. The van der Waals surface area contributed by atoms with Crippen molar-refractivity contribution < 1.29 is 42.1 Å². The van der Waals surface area contributed by atoms with Gasteiger partial charge in [-0.05, 0) is 83.5 Å². The third-order valence-corrected chi connectivity index (χ3v) is 16.0. The summed E-state index contributed by atoms with van der Waals surface area (Å²) in [5.74, 6) is -0.823. The number of rotatable bonds is 63. The first-order valence-electron chi connectivity index (χ1n) is 34.0. The first kappa shape index (κ1) is 77.7. The van der Waals surface area contributed by atoms with Gasteiger partial charge in [-0.15, -0.1) is 0 Å². The minimum absolute atomic E-state index is 0.0313. The number of nitrogens with zero attached hydrogens (tertiary/aromatic N) is 1. The van der Waals surface area contributed by atoms with Crippen LogP contribution in [0.2, 0.25) is 0 Å². The van der Waals surface area contributed by atoms with Crippen LogP contribution in [-0.2, 0) is 32.7 Å². The first-order chi connectivity index (χ1) is 39.0. The van der Waals surface area contributed by atoms with E-state index in [1.54, 1.807) is 0 Å². The van der Waals surface area contributed by atoms with E-state index in [-0.39, 0.29) is 32.0 Å². The molecule has 0 aliphatic rings. The van der Waals surface area contributed by atoms with Gasteiger partial charge in [0, 0.05) is 12.8 Å². The molecule has 0 saturated heterocycles. The molecule has 0 N–H and O–H groups in total. The van der Waals surface area contributed by atoms with Gasteiger partial charge < -0.3 is 27.9 Å². The average molecular weight is 1140 g/mol. The van der Waals surface area contributed by atoms with E-state index in [2.05, 4.69) is 74.6 Å². The van der Waals surface area contributed by atoms with Crippen molar-refractivity contribution in [2.24, 2.45) is 0 Å². The molecular formula is C70H130NO8P. The summed E-state index contributed by atoms with van der Waals surface area (Å²) in [6.45, 7) is 4.26. The number of allylic oxidation sites excluding steroid dienone is 10. The Bertz CT molecular complexity index is 1530. The fraction of sp³-hybridized carbons (Fsp3) is 0.829. The minimum atomic E-state index is -4.64. The molecule has 0 spiro atoms. The Morgan fingerprint density at radius 3 is 1.00 bits per heavy atom. The van der Waals surface area contributed by atoms with Crippen molar-refractivity contribution >= 4 is 19.8 Å². The Balaban J connectivity index is 4.05. The molecule has 468 valence electrons. The van der Waals surface area contributed by atoms with Crippen molar-refractivity contribution in [3.8, 4) is 0 Å². The van der Waals surface area contributed by atoms with Gasteiger partial charge in [0.25, 0.3) is 7.82 Å². The van der Waals surface area contributed by atoms with Crippen LogP contribution in [0, 0.1) is 0 Å². The topological polar surface area (TPSA) is 111 Å². The number of phosphoric ester groups is 1.